The van der Waals surface area contributed by atoms with Crippen LogP contribution in [-0.4, -0.2) is 36.2 Å². The first kappa shape index (κ1) is 12.3. The van der Waals surface area contributed by atoms with E-state index in [1.54, 1.807) is 0 Å². The second-order valence-corrected chi connectivity index (χ2v) is 4.29. The van der Waals surface area contributed by atoms with Gasteiger partial charge >= 0.3 is 5.97 Å². The van der Waals surface area contributed by atoms with Gasteiger partial charge in [-0.2, -0.15) is 8.42 Å². The van der Waals surface area contributed by atoms with Crippen LogP contribution < -0.4 is 5.32 Å². The van der Waals surface area contributed by atoms with E-state index in [-0.39, 0.29) is 5.69 Å². The molecule has 1 rings (SSSR count). The number of carboxylic acids is 1. The number of rotatable bonds is 3. The maximum absolute atomic E-state index is 10.9. The highest BCUT2D eigenvalue weighted by Gasteiger charge is 2.22. The van der Waals surface area contributed by atoms with Crippen molar-refractivity contribution in [1.82, 2.24) is 0 Å². The predicted octanol–water partition coefficient (Wildman–Crippen LogP) is 0.379. The van der Waals surface area contributed by atoms with Crippen molar-refractivity contribution >= 4 is 21.8 Å². The van der Waals surface area contributed by atoms with Crippen molar-refractivity contribution in [2.75, 3.05) is 12.4 Å². The van der Waals surface area contributed by atoms with Gasteiger partial charge in [0.1, 0.15) is 10.5 Å². The fourth-order valence-electron chi connectivity index (χ4n) is 1.11. The molecule has 0 radical (unpaired) electrons. The molecule has 0 aliphatic heterocycles. The number of phenols is 1. The number of carboxylic acid groups (broad SMARTS) is 1. The molecule has 0 unspecified atom stereocenters. The zero-order valence-corrected chi connectivity index (χ0v) is 8.95. The maximum atomic E-state index is 10.9. The van der Waals surface area contributed by atoms with Crippen LogP contribution in [0, 0.1) is 0 Å². The Balaban J connectivity index is 3.63. The number of nitrogens with one attached hydrogen (secondary N) is 1. The standard InChI is InChI=1S/C8H9NO6S/c1-9-4-2-5(8(11)12)7(10)6(3-4)16(13,14)15/h2-3,9-10H,1H3,(H,11,12)(H,13,14,15). The lowest BCUT2D eigenvalue weighted by Crippen LogP contribution is -2.05. The van der Waals surface area contributed by atoms with Crippen LogP contribution in [0.4, 0.5) is 5.69 Å². The monoisotopic (exact) mass is 247 g/mol. The Labute approximate surface area is 91.1 Å². The summed E-state index contributed by atoms with van der Waals surface area (Å²) in [5, 5.41) is 20.6. The zero-order valence-electron chi connectivity index (χ0n) is 8.13. The highest BCUT2D eigenvalue weighted by Crippen LogP contribution is 2.30. The normalized spacial score (nSPS) is 11.1. The zero-order chi connectivity index (χ0) is 12.5. The first-order valence-electron chi connectivity index (χ1n) is 4.03. The highest BCUT2D eigenvalue weighted by molar-refractivity contribution is 7.86. The third-order valence-electron chi connectivity index (χ3n) is 1.87. The van der Waals surface area contributed by atoms with Crippen molar-refractivity contribution in [3.63, 3.8) is 0 Å². The van der Waals surface area contributed by atoms with Crippen molar-refractivity contribution in [3.8, 4) is 5.75 Å². The van der Waals surface area contributed by atoms with E-state index in [9.17, 15) is 18.3 Å². The topological polar surface area (TPSA) is 124 Å². The molecule has 0 aromatic heterocycles. The van der Waals surface area contributed by atoms with Crippen molar-refractivity contribution in [2.24, 2.45) is 0 Å². The molecule has 1 aromatic rings. The summed E-state index contributed by atoms with van der Waals surface area (Å²) in [5.41, 5.74) is -0.470. The Morgan fingerprint density at radius 1 is 1.38 bits per heavy atom. The van der Waals surface area contributed by atoms with Gasteiger partial charge < -0.3 is 15.5 Å². The Morgan fingerprint density at radius 2 is 1.94 bits per heavy atom. The number of aromatic hydroxyl groups is 1. The van der Waals surface area contributed by atoms with E-state index in [2.05, 4.69) is 5.32 Å². The second kappa shape index (κ2) is 3.99. The smallest absolute Gasteiger partial charge is 0.339 e. The lowest BCUT2D eigenvalue weighted by molar-refractivity contribution is 0.0693. The lowest BCUT2D eigenvalue weighted by Gasteiger charge is -2.08. The Morgan fingerprint density at radius 3 is 2.31 bits per heavy atom. The average Bonchev–Trinajstić information content (AvgIpc) is 2.15. The van der Waals surface area contributed by atoms with E-state index in [4.69, 9.17) is 9.66 Å². The van der Waals surface area contributed by atoms with Gasteiger partial charge in [-0.1, -0.05) is 0 Å². The average molecular weight is 247 g/mol. The van der Waals surface area contributed by atoms with Crippen LogP contribution in [0.25, 0.3) is 0 Å². The molecule has 0 saturated carbocycles. The van der Waals surface area contributed by atoms with Gasteiger partial charge in [0.15, 0.2) is 5.75 Å². The lowest BCUT2D eigenvalue weighted by atomic mass is 10.2. The first-order valence-corrected chi connectivity index (χ1v) is 5.47. The maximum Gasteiger partial charge on any atom is 0.339 e. The van der Waals surface area contributed by atoms with Crippen LogP contribution in [0.15, 0.2) is 17.0 Å². The molecular weight excluding hydrogens is 238 g/mol. The Hall–Kier alpha value is -1.80. The minimum atomic E-state index is -4.68. The van der Waals surface area contributed by atoms with Crippen molar-refractivity contribution in [3.05, 3.63) is 17.7 Å². The molecule has 0 bridgehead atoms. The molecule has 0 spiro atoms. The Bertz CT molecular complexity index is 536. The van der Waals surface area contributed by atoms with E-state index in [0.29, 0.717) is 0 Å². The van der Waals surface area contributed by atoms with Gasteiger partial charge in [0.05, 0.1) is 0 Å². The number of hydrogen-bond acceptors (Lipinski definition) is 5. The van der Waals surface area contributed by atoms with Crippen molar-refractivity contribution < 1.29 is 28.0 Å². The molecule has 7 nitrogen and oxygen atoms in total. The summed E-state index contributed by atoms with van der Waals surface area (Å²) in [6, 6.07) is 1.98. The quantitative estimate of drug-likeness (QED) is 0.449. The van der Waals surface area contributed by atoms with Gasteiger partial charge in [0.25, 0.3) is 10.1 Å². The molecule has 0 atom stereocenters. The van der Waals surface area contributed by atoms with Crippen molar-refractivity contribution in [2.45, 2.75) is 4.90 Å². The molecule has 16 heavy (non-hydrogen) atoms. The minimum Gasteiger partial charge on any atom is -0.506 e. The fraction of sp³-hybridized carbons (Fsp3) is 0.125. The number of anilines is 1. The molecule has 0 aliphatic rings. The van der Waals surface area contributed by atoms with Crippen LogP contribution in [0.5, 0.6) is 5.75 Å². The van der Waals surface area contributed by atoms with E-state index >= 15 is 0 Å². The van der Waals surface area contributed by atoms with Crippen LogP contribution >= 0.6 is 0 Å². The first-order chi connectivity index (χ1) is 7.27. The van der Waals surface area contributed by atoms with E-state index in [1.807, 2.05) is 0 Å². The number of hydrogen-bond donors (Lipinski definition) is 4. The SMILES string of the molecule is CNc1cc(C(=O)O)c(O)c(S(=O)(=O)O)c1. The van der Waals surface area contributed by atoms with Crippen LogP contribution in [-0.2, 0) is 10.1 Å². The van der Waals surface area contributed by atoms with Gasteiger partial charge in [0.2, 0.25) is 0 Å². The van der Waals surface area contributed by atoms with E-state index in [1.165, 1.54) is 7.05 Å². The summed E-state index contributed by atoms with van der Waals surface area (Å²) in [6.45, 7) is 0. The number of aromatic carboxylic acids is 1. The minimum absolute atomic E-state index is 0.142. The highest BCUT2D eigenvalue weighted by atomic mass is 32.2. The molecule has 0 fully saturated rings. The van der Waals surface area contributed by atoms with Gasteiger partial charge in [0, 0.05) is 12.7 Å². The van der Waals surface area contributed by atoms with Gasteiger partial charge in [-0.25, -0.2) is 4.79 Å². The summed E-state index contributed by atoms with van der Waals surface area (Å²) in [7, 11) is -3.24. The molecule has 8 heteroatoms. The summed E-state index contributed by atoms with van der Waals surface area (Å²) < 4.78 is 30.5. The Kier molecular flexibility index (Phi) is 3.06. The molecule has 1 aromatic carbocycles. The number of benzene rings is 1. The van der Waals surface area contributed by atoms with E-state index < -0.39 is 32.3 Å². The molecular formula is C8H9NO6S. The van der Waals surface area contributed by atoms with Crippen LogP contribution in [0.2, 0.25) is 0 Å². The summed E-state index contributed by atoms with van der Waals surface area (Å²) in [5.74, 6) is -2.49. The second-order valence-electron chi connectivity index (χ2n) is 2.90. The van der Waals surface area contributed by atoms with Crippen LogP contribution in [0.3, 0.4) is 0 Å². The van der Waals surface area contributed by atoms with Gasteiger partial charge in [-0.05, 0) is 12.1 Å². The summed E-state index contributed by atoms with van der Waals surface area (Å²) >= 11 is 0. The largest absolute Gasteiger partial charge is 0.506 e. The predicted molar refractivity (Wildman–Crippen MR) is 54.4 cm³/mol. The van der Waals surface area contributed by atoms with Crippen molar-refractivity contribution in [1.29, 1.82) is 0 Å². The van der Waals surface area contributed by atoms with Gasteiger partial charge in [-0.3, -0.25) is 4.55 Å². The molecule has 4 N–H and O–H groups in total. The number of carbonyl (C=O) groups is 1. The molecule has 0 heterocycles. The summed E-state index contributed by atoms with van der Waals surface area (Å²) in [4.78, 5) is 9.85. The molecule has 0 amide bonds. The molecule has 0 saturated heterocycles. The third kappa shape index (κ3) is 2.23. The third-order valence-corrected chi connectivity index (χ3v) is 2.74. The van der Waals surface area contributed by atoms with Gasteiger partial charge in [-0.15, -0.1) is 0 Å². The summed E-state index contributed by atoms with van der Waals surface area (Å²) in [6.07, 6.45) is 0. The van der Waals surface area contributed by atoms with Crippen LogP contribution in [0.1, 0.15) is 10.4 Å². The van der Waals surface area contributed by atoms with E-state index in [0.717, 1.165) is 12.1 Å². The molecule has 88 valence electrons. The fourth-order valence-corrected chi connectivity index (χ4v) is 1.74. The molecule has 0 aliphatic carbocycles.